The smallest absolute Gasteiger partial charge is 0.224 e. The molecule has 0 atom stereocenters. The number of piperidine rings is 2. The van der Waals surface area contributed by atoms with Crippen LogP contribution >= 0.6 is 0 Å². The minimum absolute atomic E-state index is 0.00922. The van der Waals surface area contributed by atoms with E-state index in [4.69, 9.17) is 4.98 Å². The summed E-state index contributed by atoms with van der Waals surface area (Å²) >= 11 is 0. The maximum atomic E-state index is 12.5. The number of amides is 1. The molecular weight excluding hydrogens is 398 g/mol. The van der Waals surface area contributed by atoms with Gasteiger partial charge in [0.15, 0.2) is 0 Å². The second kappa shape index (κ2) is 8.77. The molecule has 2 saturated heterocycles. The van der Waals surface area contributed by atoms with Crippen molar-refractivity contribution in [2.45, 2.75) is 44.6 Å². The highest BCUT2D eigenvalue weighted by Crippen LogP contribution is 2.37. The Balaban J connectivity index is 1.21. The van der Waals surface area contributed by atoms with Crippen molar-refractivity contribution in [3.8, 4) is 0 Å². The van der Waals surface area contributed by atoms with Crippen molar-refractivity contribution in [3.05, 3.63) is 54.2 Å². The van der Waals surface area contributed by atoms with E-state index in [0.29, 0.717) is 18.9 Å². The van der Waals surface area contributed by atoms with Gasteiger partial charge in [-0.1, -0.05) is 6.07 Å². The molecule has 1 aromatic carbocycles. The first kappa shape index (κ1) is 20.7. The molecule has 1 saturated carbocycles. The summed E-state index contributed by atoms with van der Waals surface area (Å²) in [5.41, 5.74) is 2.86. The van der Waals surface area contributed by atoms with Gasteiger partial charge in [0.25, 0.3) is 0 Å². The molecule has 1 N–H and O–H groups in total. The average molecular weight is 430 g/mol. The molecule has 6 heteroatoms. The molecular formula is C26H31N5O. The summed E-state index contributed by atoms with van der Waals surface area (Å²) in [5.74, 6) is 2.85. The lowest BCUT2D eigenvalue weighted by Crippen LogP contribution is -2.48. The molecule has 2 aliphatic heterocycles. The van der Waals surface area contributed by atoms with E-state index < -0.39 is 0 Å². The molecule has 2 aromatic heterocycles. The summed E-state index contributed by atoms with van der Waals surface area (Å²) in [6.07, 6.45) is 8.27. The Morgan fingerprint density at radius 1 is 1.09 bits per heavy atom. The standard InChI is InChI=1S/C26H31N5O/c1-30(2)24-12-5-18(16-27-24)6-14-26(32)28-21-8-11-23-20(15-21)7-13-25(29-23)31-17-19-3-9-22(31)10-4-19/h5,7-8,11-13,15-16,19,22H,3-4,6,9-10,14,17H2,1-2H3,(H,28,32). The highest BCUT2D eigenvalue weighted by Gasteiger charge is 2.34. The number of carbonyl (C=O) groups excluding carboxylic acids is 1. The molecule has 3 fully saturated rings. The van der Waals surface area contributed by atoms with E-state index in [2.05, 4.69) is 27.3 Å². The fraction of sp³-hybridized carbons (Fsp3) is 0.423. The second-order valence-electron chi connectivity index (χ2n) is 9.37. The largest absolute Gasteiger partial charge is 0.363 e. The molecule has 3 aromatic rings. The maximum absolute atomic E-state index is 12.5. The summed E-state index contributed by atoms with van der Waals surface area (Å²) < 4.78 is 0. The lowest BCUT2D eigenvalue weighted by atomic mass is 9.80. The molecule has 3 aliphatic rings. The number of nitrogens with one attached hydrogen (secondary N) is 1. The Kier molecular flexibility index (Phi) is 5.68. The summed E-state index contributed by atoms with van der Waals surface area (Å²) in [6, 6.07) is 14.9. The monoisotopic (exact) mass is 429 g/mol. The van der Waals surface area contributed by atoms with Crippen LogP contribution in [0.3, 0.4) is 0 Å². The molecule has 166 valence electrons. The first-order valence-electron chi connectivity index (χ1n) is 11.6. The molecule has 32 heavy (non-hydrogen) atoms. The van der Waals surface area contributed by atoms with E-state index in [1.165, 1.54) is 25.7 Å². The Morgan fingerprint density at radius 3 is 2.62 bits per heavy atom. The number of nitrogens with zero attached hydrogens (tertiary/aromatic N) is 4. The van der Waals surface area contributed by atoms with Crippen LogP contribution in [0, 0.1) is 5.92 Å². The molecule has 4 heterocycles. The van der Waals surface area contributed by atoms with Gasteiger partial charge >= 0.3 is 0 Å². The molecule has 1 aliphatic carbocycles. The Labute approximate surface area is 189 Å². The van der Waals surface area contributed by atoms with E-state index in [1.54, 1.807) is 0 Å². The number of aryl methyl sites for hydroxylation is 1. The fourth-order valence-electron chi connectivity index (χ4n) is 5.01. The number of rotatable bonds is 6. The van der Waals surface area contributed by atoms with E-state index in [-0.39, 0.29) is 5.91 Å². The van der Waals surface area contributed by atoms with Crippen molar-refractivity contribution in [3.63, 3.8) is 0 Å². The summed E-state index contributed by atoms with van der Waals surface area (Å²) in [7, 11) is 3.93. The molecule has 1 amide bonds. The van der Waals surface area contributed by atoms with Crippen molar-refractivity contribution >= 4 is 34.1 Å². The van der Waals surface area contributed by atoms with Crippen LogP contribution in [-0.2, 0) is 11.2 Å². The van der Waals surface area contributed by atoms with Crippen LogP contribution in [-0.4, -0.2) is 42.6 Å². The Hall–Kier alpha value is -3.15. The van der Waals surface area contributed by atoms with Crippen molar-refractivity contribution < 1.29 is 4.79 Å². The van der Waals surface area contributed by atoms with Gasteiger partial charge in [-0.2, -0.15) is 0 Å². The third-order valence-electron chi connectivity index (χ3n) is 6.87. The lowest BCUT2D eigenvalue weighted by Gasteiger charge is -2.46. The zero-order valence-corrected chi connectivity index (χ0v) is 18.9. The fourth-order valence-corrected chi connectivity index (χ4v) is 5.01. The second-order valence-corrected chi connectivity index (χ2v) is 9.37. The minimum Gasteiger partial charge on any atom is -0.363 e. The predicted octanol–water partition coefficient (Wildman–Crippen LogP) is 4.65. The summed E-state index contributed by atoms with van der Waals surface area (Å²) in [5, 5.41) is 4.08. The number of carbonyl (C=O) groups is 1. The van der Waals surface area contributed by atoms with Crippen molar-refractivity contribution in [1.29, 1.82) is 0 Å². The van der Waals surface area contributed by atoms with Gasteiger partial charge in [0, 0.05) is 50.4 Å². The van der Waals surface area contributed by atoms with E-state index in [0.717, 1.165) is 46.3 Å². The molecule has 6 rings (SSSR count). The number of hydrogen-bond donors (Lipinski definition) is 1. The van der Waals surface area contributed by atoms with Crippen LogP contribution in [0.15, 0.2) is 48.7 Å². The third-order valence-corrected chi connectivity index (χ3v) is 6.87. The van der Waals surface area contributed by atoms with Crippen molar-refractivity contribution in [2.75, 3.05) is 35.8 Å². The zero-order valence-electron chi connectivity index (χ0n) is 18.9. The molecule has 0 spiro atoms. The number of fused-ring (bicyclic) bond motifs is 4. The third kappa shape index (κ3) is 4.40. The van der Waals surface area contributed by atoms with Gasteiger partial charge in [-0.25, -0.2) is 9.97 Å². The molecule has 0 radical (unpaired) electrons. The van der Waals surface area contributed by atoms with Crippen LogP contribution in [0.5, 0.6) is 0 Å². The topological polar surface area (TPSA) is 61.4 Å². The van der Waals surface area contributed by atoms with Crippen LogP contribution in [0.4, 0.5) is 17.3 Å². The van der Waals surface area contributed by atoms with Crippen LogP contribution in [0.2, 0.25) is 0 Å². The van der Waals surface area contributed by atoms with E-state index in [1.807, 2.05) is 55.5 Å². The van der Waals surface area contributed by atoms with Gasteiger partial charge in [-0.05, 0) is 80.0 Å². The van der Waals surface area contributed by atoms with E-state index >= 15 is 0 Å². The number of hydrogen-bond acceptors (Lipinski definition) is 5. The summed E-state index contributed by atoms with van der Waals surface area (Å²) in [6.45, 7) is 1.14. The predicted molar refractivity (Wildman–Crippen MR) is 130 cm³/mol. The van der Waals surface area contributed by atoms with Crippen LogP contribution in [0.1, 0.15) is 37.7 Å². The van der Waals surface area contributed by atoms with Crippen LogP contribution < -0.4 is 15.1 Å². The number of benzene rings is 1. The van der Waals surface area contributed by atoms with Gasteiger partial charge in [0.1, 0.15) is 11.6 Å². The number of pyridine rings is 2. The molecule has 0 unspecified atom stereocenters. The van der Waals surface area contributed by atoms with Crippen molar-refractivity contribution in [2.24, 2.45) is 5.92 Å². The number of anilines is 3. The highest BCUT2D eigenvalue weighted by molar-refractivity contribution is 5.94. The normalized spacial score (nSPS) is 19.9. The van der Waals surface area contributed by atoms with Gasteiger partial charge < -0.3 is 15.1 Å². The number of aromatic nitrogens is 2. The SMILES string of the molecule is CN(C)c1ccc(CCC(=O)Nc2ccc3nc(N4CC5CCC4CC5)ccc3c2)cn1. The average Bonchev–Trinajstić information content (AvgIpc) is 2.83. The Bertz CT molecular complexity index is 1100. The van der Waals surface area contributed by atoms with Gasteiger partial charge in [0.2, 0.25) is 5.91 Å². The molecule has 2 bridgehead atoms. The van der Waals surface area contributed by atoms with Gasteiger partial charge in [-0.15, -0.1) is 0 Å². The quantitative estimate of drug-likeness (QED) is 0.618. The molecule has 6 nitrogen and oxygen atoms in total. The summed E-state index contributed by atoms with van der Waals surface area (Å²) in [4.78, 5) is 26.3. The Morgan fingerprint density at radius 2 is 1.94 bits per heavy atom. The van der Waals surface area contributed by atoms with Gasteiger partial charge in [0.05, 0.1) is 5.52 Å². The van der Waals surface area contributed by atoms with E-state index in [9.17, 15) is 4.79 Å². The van der Waals surface area contributed by atoms with Crippen LogP contribution in [0.25, 0.3) is 10.9 Å². The lowest BCUT2D eigenvalue weighted by molar-refractivity contribution is -0.116. The van der Waals surface area contributed by atoms with Crippen molar-refractivity contribution in [1.82, 2.24) is 9.97 Å². The maximum Gasteiger partial charge on any atom is 0.224 e. The first-order chi connectivity index (χ1) is 15.5. The van der Waals surface area contributed by atoms with Gasteiger partial charge in [-0.3, -0.25) is 4.79 Å². The first-order valence-corrected chi connectivity index (χ1v) is 11.6. The highest BCUT2D eigenvalue weighted by atomic mass is 16.1. The zero-order chi connectivity index (χ0) is 22.1. The minimum atomic E-state index is 0.00922.